The monoisotopic (exact) mass is 353 g/mol. The van der Waals surface area contributed by atoms with E-state index in [9.17, 15) is 4.79 Å². The van der Waals surface area contributed by atoms with E-state index in [2.05, 4.69) is 15.5 Å². The summed E-state index contributed by atoms with van der Waals surface area (Å²) < 4.78 is 10.7. The average Bonchev–Trinajstić information content (AvgIpc) is 3.29. The number of anilines is 1. The Labute approximate surface area is 142 Å². The van der Waals surface area contributed by atoms with Gasteiger partial charge in [0.05, 0.1) is 18.7 Å². The van der Waals surface area contributed by atoms with Crippen LogP contribution in [0.3, 0.4) is 0 Å². The number of halogens is 1. The van der Waals surface area contributed by atoms with Gasteiger partial charge < -0.3 is 9.47 Å². The molecule has 1 N–H and O–H groups in total. The zero-order valence-corrected chi connectivity index (χ0v) is 14.3. The van der Waals surface area contributed by atoms with Gasteiger partial charge in [0.1, 0.15) is 5.01 Å². The third kappa shape index (κ3) is 3.56. The molecule has 23 heavy (non-hydrogen) atoms. The topological polar surface area (TPSA) is 73.3 Å². The number of amides is 1. The molecule has 1 saturated carbocycles. The van der Waals surface area contributed by atoms with Crippen LogP contribution < -0.4 is 14.8 Å². The molecule has 122 valence electrons. The molecule has 0 atom stereocenters. The van der Waals surface area contributed by atoms with Gasteiger partial charge in [0.25, 0.3) is 5.91 Å². The first kappa shape index (κ1) is 16.0. The number of benzene rings is 1. The van der Waals surface area contributed by atoms with Crippen molar-refractivity contribution in [1.29, 1.82) is 0 Å². The Kier molecular flexibility index (Phi) is 4.68. The minimum absolute atomic E-state index is 0.313. The minimum Gasteiger partial charge on any atom is -0.493 e. The fourth-order valence-electron chi connectivity index (χ4n) is 2.08. The number of nitrogens with one attached hydrogen (secondary N) is 1. The number of carbonyl (C=O) groups excluding carboxylic acids is 1. The first-order valence-corrected chi connectivity index (χ1v) is 8.47. The number of rotatable bonds is 6. The smallest absolute Gasteiger partial charge is 0.257 e. The van der Waals surface area contributed by atoms with Crippen molar-refractivity contribution in [3.63, 3.8) is 0 Å². The van der Waals surface area contributed by atoms with Crippen molar-refractivity contribution in [2.45, 2.75) is 25.7 Å². The highest BCUT2D eigenvalue weighted by Gasteiger charge is 2.28. The van der Waals surface area contributed by atoms with E-state index in [4.69, 9.17) is 21.1 Å². The summed E-state index contributed by atoms with van der Waals surface area (Å²) in [5, 5.41) is 12.6. The lowest BCUT2D eigenvalue weighted by atomic mass is 10.2. The Morgan fingerprint density at radius 3 is 2.87 bits per heavy atom. The second kappa shape index (κ2) is 6.72. The average molecular weight is 354 g/mol. The highest BCUT2D eigenvalue weighted by molar-refractivity contribution is 7.15. The molecule has 3 rings (SSSR count). The fraction of sp³-hybridized carbons (Fsp3) is 0.400. The lowest BCUT2D eigenvalue weighted by molar-refractivity contribution is 0.102. The summed E-state index contributed by atoms with van der Waals surface area (Å²) in [5.74, 6) is 1.05. The van der Waals surface area contributed by atoms with Gasteiger partial charge in [-0.05, 0) is 31.9 Å². The van der Waals surface area contributed by atoms with Crippen LogP contribution in [-0.4, -0.2) is 29.8 Å². The van der Waals surface area contributed by atoms with Crippen molar-refractivity contribution in [2.24, 2.45) is 0 Å². The second-order valence-corrected chi connectivity index (χ2v) is 6.51. The van der Waals surface area contributed by atoms with Gasteiger partial charge in [0, 0.05) is 11.5 Å². The van der Waals surface area contributed by atoms with E-state index in [1.807, 2.05) is 6.92 Å². The summed E-state index contributed by atoms with van der Waals surface area (Å²) >= 11 is 7.59. The summed E-state index contributed by atoms with van der Waals surface area (Å²) in [4.78, 5) is 12.4. The molecule has 1 heterocycles. The van der Waals surface area contributed by atoms with Crippen LogP contribution in [0.4, 0.5) is 5.13 Å². The van der Waals surface area contributed by atoms with E-state index >= 15 is 0 Å². The Hall–Kier alpha value is -1.86. The molecule has 0 unspecified atom stereocenters. The molecular weight excluding hydrogens is 338 g/mol. The van der Waals surface area contributed by atoms with Gasteiger partial charge in [-0.15, -0.1) is 10.2 Å². The molecule has 1 aliphatic carbocycles. The fourth-order valence-corrected chi connectivity index (χ4v) is 3.26. The third-order valence-electron chi connectivity index (χ3n) is 3.37. The number of hydrogen-bond acceptors (Lipinski definition) is 6. The number of carbonyl (C=O) groups is 1. The second-order valence-electron chi connectivity index (χ2n) is 5.10. The maximum absolute atomic E-state index is 12.4. The maximum Gasteiger partial charge on any atom is 0.257 e. The molecule has 1 aliphatic rings. The molecule has 0 bridgehead atoms. The van der Waals surface area contributed by atoms with Gasteiger partial charge in [-0.3, -0.25) is 10.1 Å². The standard InChI is InChI=1S/C15H16ClN3O3S/c1-3-22-12-10(16)6-9(7-11(12)21-2)13(20)17-15-19-18-14(23-15)8-4-5-8/h6-8H,3-5H2,1-2H3,(H,17,19,20). The van der Waals surface area contributed by atoms with Gasteiger partial charge in [0.2, 0.25) is 5.13 Å². The van der Waals surface area contributed by atoms with E-state index in [-0.39, 0.29) is 5.91 Å². The molecule has 1 aromatic heterocycles. The molecule has 0 spiro atoms. The molecule has 1 amide bonds. The van der Waals surface area contributed by atoms with Crippen LogP contribution in [0.1, 0.15) is 41.0 Å². The van der Waals surface area contributed by atoms with Crippen LogP contribution in [0.25, 0.3) is 0 Å². The Bertz CT molecular complexity index is 731. The largest absolute Gasteiger partial charge is 0.493 e. The Balaban J connectivity index is 1.79. The first-order valence-electron chi connectivity index (χ1n) is 7.27. The summed E-state index contributed by atoms with van der Waals surface area (Å²) in [6.07, 6.45) is 2.29. The predicted molar refractivity (Wildman–Crippen MR) is 89.0 cm³/mol. The van der Waals surface area contributed by atoms with Crippen LogP contribution in [0, 0.1) is 0 Å². The third-order valence-corrected chi connectivity index (χ3v) is 4.65. The number of ether oxygens (including phenoxy) is 2. The van der Waals surface area contributed by atoms with Crippen molar-refractivity contribution < 1.29 is 14.3 Å². The van der Waals surface area contributed by atoms with Crippen LogP contribution in [0.2, 0.25) is 5.02 Å². The van der Waals surface area contributed by atoms with Crippen molar-refractivity contribution in [1.82, 2.24) is 10.2 Å². The van der Waals surface area contributed by atoms with Crippen LogP contribution in [0.5, 0.6) is 11.5 Å². The van der Waals surface area contributed by atoms with Gasteiger partial charge >= 0.3 is 0 Å². The van der Waals surface area contributed by atoms with Gasteiger partial charge in [-0.25, -0.2) is 0 Å². The summed E-state index contributed by atoms with van der Waals surface area (Å²) in [6, 6.07) is 3.14. The van der Waals surface area contributed by atoms with Gasteiger partial charge in [-0.1, -0.05) is 22.9 Å². The summed E-state index contributed by atoms with van der Waals surface area (Å²) in [6.45, 7) is 2.31. The molecule has 0 radical (unpaired) electrons. The summed E-state index contributed by atoms with van der Waals surface area (Å²) in [7, 11) is 1.50. The SMILES string of the molecule is CCOc1c(Cl)cc(C(=O)Nc2nnc(C3CC3)s2)cc1OC. The zero-order valence-electron chi connectivity index (χ0n) is 12.8. The van der Waals surface area contributed by atoms with E-state index < -0.39 is 0 Å². The first-order chi connectivity index (χ1) is 11.1. The van der Waals surface area contributed by atoms with Crippen LogP contribution in [-0.2, 0) is 0 Å². The Morgan fingerprint density at radius 2 is 2.22 bits per heavy atom. The lowest BCUT2D eigenvalue weighted by Crippen LogP contribution is -2.12. The number of methoxy groups -OCH3 is 1. The van der Waals surface area contributed by atoms with Crippen LogP contribution in [0.15, 0.2) is 12.1 Å². The number of aromatic nitrogens is 2. The molecule has 1 aromatic carbocycles. The van der Waals surface area contributed by atoms with E-state index in [1.54, 1.807) is 12.1 Å². The maximum atomic E-state index is 12.4. The predicted octanol–water partition coefficient (Wildman–Crippen LogP) is 3.73. The Morgan fingerprint density at radius 1 is 1.43 bits per heavy atom. The number of hydrogen-bond donors (Lipinski definition) is 1. The summed E-state index contributed by atoms with van der Waals surface area (Å²) in [5.41, 5.74) is 0.374. The molecule has 8 heteroatoms. The van der Waals surface area contributed by atoms with E-state index in [1.165, 1.54) is 18.4 Å². The molecule has 0 saturated heterocycles. The highest BCUT2D eigenvalue weighted by Crippen LogP contribution is 2.42. The molecular formula is C15H16ClN3O3S. The van der Waals surface area contributed by atoms with Gasteiger partial charge in [-0.2, -0.15) is 0 Å². The minimum atomic E-state index is -0.313. The van der Waals surface area contributed by atoms with Crippen molar-refractivity contribution in [3.8, 4) is 11.5 Å². The van der Waals surface area contributed by atoms with Crippen molar-refractivity contribution in [3.05, 3.63) is 27.7 Å². The van der Waals surface area contributed by atoms with Gasteiger partial charge in [0.15, 0.2) is 11.5 Å². The van der Waals surface area contributed by atoms with Crippen molar-refractivity contribution >= 4 is 34.0 Å². The normalized spacial score (nSPS) is 13.7. The molecule has 2 aromatic rings. The quantitative estimate of drug-likeness (QED) is 0.856. The molecule has 0 aliphatic heterocycles. The molecule has 1 fully saturated rings. The molecule has 6 nitrogen and oxygen atoms in total. The highest BCUT2D eigenvalue weighted by atomic mass is 35.5. The van der Waals surface area contributed by atoms with Crippen LogP contribution >= 0.6 is 22.9 Å². The number of nitrogens with zero attached hydrogens (tertiary/aromatic N) is 2. The lowest BCUT2D eigenvalue weighted by Gasteiger charge is -2.12. The van der Waals surface area contributed by atoms with E-state index in [0.29, 0.717) is 39.7 Å². The zero-order chi connectivity index (χ0) is 16.4. The van der Waals surface area contributed by atoms with E-state index in [0.717, 1.165) is 17.8 Å². The van der Waals surface area contributed by atoms with Crippen molar-refractivity contribution in [2.75, 3.05) is 19.0 Å².